The number of thiazole rings is 1. The Morgan fingerprint density at radius 3 is 2.72 bits per heavy atom. The molecule has 2 amide bonds. The van der Waals surface area contributed by atoms with E-state index in [2.05, 4.69) is 10.3 Å². The van der Waals surface area contributed by atoms with E-state index >= 15 is 0 Å². The van der Waals surface area contributed by atoms with Crippen molar-refractivity contribution in [3.8, 4) is 0 Å². The van der Waals surface area contributed by atoms with Gasteiger partial charge in [0, 0.05) is 37.0 Å². The van der Waals surface area contributed by atoms with Crippen LogP contribution >= 0.6 is 11.3 Å². The molecule has 2 N–H and O–H groups in total. The fourth-order valence-electron chi connectivity index (χ4n) is 3.78. The zero-order valence-electron chi connectivity index (χ0n) is 17.3. The van der Waals surface area contributed by atoms with Gasteiger partial charge >= 0.3 is 12.1 Å². The lowest BCUT2D eigenvalue weighted by atomic mass is 9.89. The minimum atomic E-state index is -1.03. The molecule has 0 saturated carbocycles. The molecular formula is C20H31N3O5S. The molecule has 1 aromatic rings. The van der Waals surface area contributed by atoms with Crippen LogP contribution in [-0.4, -0.2) is 58.2 Å². The van der Waals surface area contributed by atoms with Crippen LogP contribution in [0, 0.1) is 5.92 Å². The number of carbonyl (C=O) groups is 3. The van der Waals surface area contributed by atoms with Crippen molar-refractivity contribution in [3.05, 3.63) is 16.6 Å². The van der Waals surface area contributed by atoms with Crippen molar-refractivity contribution in [1.29, 1.82) is 0 Å². The highest BCUT2D eigenvalue weighted by molar-refractivity contribution is 7.09. The topological polar surface area (TPSA) is 109 Å². The molecule has 29 heavy (non-hydrogen) atoms. The SMILES string of the molecule is CCCCOC(=O)N1[C@@H](C(=O)O)C[C@@H](c2nccs2)[C@H]1CC(CC)CNC(C)=O. The minimum absolute atomic E-state index is 0.106. The van der Waals surface area contributed by atoms with Gasteiger partial charge in [-0.25, -0.2) is 14.6 Å². The molecule has 0 bridgehead atoms. The predicted octanol–water partition coefficient (Wildman–Crippen LogP) is 3.24. The molecule has 0 aromatic carbocycles. The van der Waals surface area contributed by atoms with Gasteiger partial charge < -0.3 is 15.2 Å². The summed E-state index contributed by atoms with van der Waals surface area (Å²) in [5.74, 6) is -1.19. The quantitative estimate of drug-likeness (QED) is 0.557. The van der Waals surface area contributed by atoms with Gasteiger partial charge in [-0.2, -0.15) is 0 Å². The molecule has 1 aliphatic heterocycles. The molecule has 1 unspecified atom stereocenters. The maximum Gasteiger partial charge on any atom is 0.410 e. The van der Waals surface area contributed by atoms with Gasteiger partial charge in [-0.05, 0) is 25.2 Å². The number of aromatic nitrogens is 1. The van der Waals surface area contributed by atoms with E-state index in [1.165, 1.54) is 23.2 Å². The first-order valence-corrected chi connectivity index (χ1v) is 11.1. The monoisotopic (exact) mass is 425 g/mol. The van der Waals surface area contributed by atoms with Crippen molar-refractivity contribution in [1.82, 2.24) is 15.2 Å². The summed E-state index contributed by atoms with van der Waals surface area (Å²) >= 11 is 1.47. The van der Waals surface area contributed by atoms with E-state index in [9.17, 15) is 19.5 Å². The van der Waals surface area contributed by atoms with Gasteiger partial charge in [0.25, 0.3) is 0 Å². The first-order valence-electron chi connectivity index (χ1n) is 10.2. The van der Waals surface area contributed by atoms with Crippen molar-refractivity contribution >= 4 is 29.3 Å². The van der Waals surface area contributed by atoms with Crippen molar-refractivity contribution in [2.24, 2.45) is 5.92 Å². The van der Waals surface area contributed by atoms with Crippen molar-refractivity contribution in [2.75, 3.05) is 13.2 Å². The number of rotatable bonds is 10. The largest absolute Gasteiger partial charge is 0.480 e. The van der Waals surface area contributed by atoms with Crippen LogP contribution in [0.15, 0.2) is 11.6 Å². The summed E-state index contributed by atoms with van der Waals surface area (Å²) in [5, 5.41) is 15.3. The van der Waals surface area contributed by atoms with Gasteiger partial charge in [0.1, 0.15) is 6.04 Å². The zero-order chi connectivity index (χ0) is 21.4. The van der Waals surface area contributed by atoms with E-state index in [4.69, 9.17) is 4.74 Å². The van der Waals surface area contributed by atoms with Crippen LogP contribution in [0.4, 0.5) is 4.79 Å². The molecule has 0 spiro atoms. The van der Waals surface area contributed by atoms with Gasteiger partial charge in [0.15, 0.2) is 0 Å². The van der Waals surface area contributed by atoms with Gasteiger partial charge in [0.05, 0.1) is 11.6 Å². The smallest absolute Gasteiger partial charge is 0.410 e. The van der Waals surface area contributed by atoms with Crippen LogP contribution in [-0.2, 0) is 14.3 Å². The highest BCUT2D eigenvalue weighted by Crippen LogP contribution is 2.42. The average Bonchev–Trinajstić information content (AvgIpc) is 3.32. The van der Waals surface area contributed by atoms with Crippen LogP contribution in [0.5, 0.6) is 0 Å². The summed E-state index contributed by atoms with van der Waals surface area (Å²) in [5.41, 5.74) is 0. The molecule has 2 heterocycles. The maximum absolute atomic E-state index is 12.9. The van der Waals surface area contributed by atoms with Crippen LogP contribution in [0.3, 0.4) is 0 Å². The number of carbonyl (C=O) groups excluding carboxylic acids is 2. The molecule has 1 fully saturated rings. The second kappa shape index (κ2) is 11.1. The number of carboxylic acid groups (broad SMARTS) is 1. The summed E-state index contributed by atoms with van der Waals surface area (Å²) in [6.45, 7) is 6.26. The number of nitrogens with one attached hydrogen (secondary N) is 1. The molecule has 9 heteroatoms. The fourth-order valence-corrected chi connectivity index (χ4v) is 4.59. The summed E-state index contributed by atoms with van der Waals surface area (Å²) in [7, 11) is 0. The van der Waals surface area contributed by atoms with E-state index in [1.54, 1.807) is 6.20 Å². The van der Waals surface area contributed by atoms with Crippen molar-refractivity contribution < 1.29 is 24.2 Å². The van der Waals surface area contributed by atoms with E-state index in [-0.39, 0.29) is 30.4 Å². The third-order valence-corrected chi connectivity index (χ3v) is 6.32. The Hall–Kier alpha value is -2.16. The Kier molecular flexibility index (Phi) is 8.88. The van der Waals surface area contributed by atoms with Gasteiger partial charge in [-0.3, -0.25) is 9.69 Å². The first-order chi connectivity index (χ1) is 13.9. The Morgan fingerprint density at radius 2 is 2.17 bits per heavy atom. The van der Waals surface area contributed by atoms with Crippen LogP contribution in [0.25, 0.3) is 0 Å². The number of aliphatic carboxylic acids is 1. The molecular weight excluding hydrogens is 394 g/mol. The number of hydrogen-bond acceptors (Lipinski definition) is 6. The summed E-state index contributed by atoms with van der Waals surface area (Å²) in [4.78, 5) is 41.9. The number of ether oxygens (including phenoxy) is 1. The van der Waals surface area contributed by atoms with E-state index in [1.807, 2.05) is 19.2 Å². The Morgan fingerprint density at radius 1 is 1.41 bits per heavy atom. The minimum Gasteiger partial charge on any atom is -0.480 e. The van der Waals surface area contributed by atoms with E-state index < -0.39 is 18.1 Å². The lowest BCUT2D eigenvalue weighted by molar-refractivity contribution is -0.142. The van der Waals surface area contributed by atoms with Gasteiger partial charge in [0.2, 0.25) is 5.91 Å². The Labute approximate surface area is 175 Å². The Bertz CT molecular complexity index is 682. The third kappa shape index (κ3) is 6.16. The highest BCUT2D eigenvalue weighted by atomic mass is 32.1. The van der Waals surface area contributed by atoms with Crippen molar-refractivity contribution in [3.63, 3.8) is 0 Å². The average molecular weight is 426 g/mol. The van der Waals surface area contributed by atoms with Crippen LogP contribution in [0.1, 0.15) is 63.8 Å². The predicted molar refractivity (Wildman–Crippen MR) is 110 cm³/mol. The number of carboxylic acids is 1. The van der Waals surface area contributed by atoms with Gasteiger partial charge in [-0.1, -0.05) is 26.7 Å². The number of hydrogen-bond donors (Lipinski definition) is 2. The molecule has 162 valence electrons. The van der Waals surface area contributed by atoms with Crippen LogP contribution in [0.2, 0.25) is 0 Å². The first kappa shape index (κ1) is 23.1. The van der Waals surface area contributed by atoms with E-state index in [0.29, 0.717) is 19.4 Å². The lowest BCUT2D eigenvalue weighted by Gasteiger charge is -2.31. The second-order valence-corrected chi connectivity index (χ2v) is 8.38. The molecule has 1 aromatic heterocycles. The normalized spacial score (nSPS) is 22.3. The number of likely N-dealkylation sites (tertiary alicyclic amines) is 1. The molecule has 1 aliphatic rings. The molecule has 0 radical (unpaired) electrons. The zero-order valence-corrected chi connectivity index (χ0v) is 18.1. The fraction of sp³-hybridized carbons (Fsp3) is 0.700. The molecule has 8 nitrogen and oxygen atoms in total. The Balaban J connectivity index is 2.28. The molecule has 1 saturated heterocycles. The van der Waals surface area contributed by atoms with Crippen molar-refractivity contribution in [2.45, 2.75) is 70.9 Å². The standard InChI is InChI=1S/C20H31N3O5S/c1-4-6-8-28-20(27)23-16(10-14(5-2)12-22-13(3)24)15(11-17(23)19(25)26)18-21-7-9-29-18/h7,9,14-17H,4-6,8,10-12H2,1-3H3,(H,22,24)(H,25,26)/t14?,15-,16-,17-/m1/s1. The lowest BCUT2D eigenvalue weighted by Crippen LogP contribution is -2.47. The number of nitrogens with zero attached hydrogens (tertiary/aromatic N) is 2. The summed E-state index contributed by atoms with van der Waals surface area (Å²) in [6, 6.07) is -1.28. The highest BCUT2D eigenvalue weighted by Gasteiger charge is 2.49. The van der Waals surface area contributed by atoms with Gasteiger partial charge in [-0.15, -0.1) is 11.3 Å². The number of unbranched alkanes of at least 4 members (excludes halogenated alkanes) is 1. The maximum atomic E-state index is 12.9. The number of amides is 2. The summed E-state index contributed by atoms with van der Waals surface area (Å²) < 4.78 is 5.39. The summed E-state index contributed by atoms with van der Waals surface area (Å²) in [6.07, 6.45) is 4.43. The second-order valence-electron chi connectivity index (χ2n) is 7.46. The van der Waals surface area contributed by atoms with E-state index in [0.717, 1.165) is 24.3 Å². The molecule has 4 atom stereocenters. The molecule has 0 aliphatic carbocycles. The third-order valence-electron chi connectivity index (χ3n) is 5.41. The molecule has 2 rings (SSSR count). The van der Waals surface area contributed by atoms with Crippen LogP contribution < -0.4 is 5.32 Å².